The van der Waals surface area contributed by atoms with E-state index >= 15 is 0 Å². The summed E-state index contributed by atoms with van der Waals surface area (Å²) in [5.41, 5.74) is 3.22. The molecule has 0 radical (unpaired) electrons. The van der Waals surface area contributed by atoms with Gasteiger partial charge in [0.15, 0.2) is 0 Å². The molecule has 1 aliphatic carbocycles. The number of rotatable bonds is 5. The number of nitrogens with zero attached hydrogens (tertiary/aromatic N) is 6. The average molecular weight is 459 g/mol. The summed E-state index contributed by atoms with van der Waals surface area (Å²) in [5, 5.41) is 0. The van der Waals surface area contributed by atoms with Crippen LogP contribution in [0.25, 0.3) is 5.65 Å². The maximum Gasteiger partial charge on any atom is 0.401 e. The average Bonchev–Trinajstić information content (AvgIpc) is 3.20. The van der Waals surface area contributed by atoms with E-state index in [1.807, 2.05) is 34.9 Å². The Labute approximate surface area is 191 Å². The number of imidazole rings is 1. The lowest BCUT2D eigenvalue weighted by Crippen LogP contribution is -2.45. The molecule has 1 aliphatic heterocycles. The largest absolute Gasteiger partial charge is 0.401 e. The SMILES string of the molecule is CN1CCN(c2cccc3nc(CN(CC(F)(F)F)C4CCCc5cccnc54)cn23)CC1. The summed E-state index contributed by atoms with van der Waals surface area (Å²) < 4.78 is 42.8. The highest BCUT2D eigenvalue weighted by Crippen LogP contribution is 2.35. The molecular formula is C24H29F3N6. The summed E-state index contributed by atoms with van der Waals surface area (Å²) in [6.45, 7) is 2.93. The molecule has 0 saturated carbocycles. The molecule has 4 heterocycles. The van der Waals surface area contributed by atoms with Gasteiger partial charge >= 0.3 is 6.18 Å². The van der Waals surface area contributed by atoms with Crippen LogP contribution in [0.5, 0.6) is 0 Å². The number of hydrogen-bond acceptors (Lipinski definition) is 5. The van der Waals surface area contributed by atoms with Crippen LogP contribution in [0.15, 0.2) is 42.7 Å². The van der Waals surface area contributed by atoms with Crippen LogP contribution in [0.2, 0.25) is 0 Å². The molecule has 0 bridgehead atoms. The first-order chi connectivity index (χ1) is 15.9. The molecule has 33 heavy (non-hydrogen) atoms. The molecule has 1 fully saturated rings. The first-order valence-corrected chi connectivity index (χ1v) is 11.5. The third kappa shape index (κ3) is 4.84. The van der Waals surface area contributed by atoms with Crippen molar-refractivity contribution in [2.24, 2.45) is 0 Å². The van der Waals surface area contributed by atoms with E-state index < -0.39 is 12.7 Å². The Morgan fingerprint density at radius 2 is 1.91 bits per heavy atom. The van der Waals surface area contributed by atoms with Gasteiger partial charge in [-0.15, -0.1) is 0 Å². The smallest absolute Gasteiger partial charge is 0.355 e. The molecule has 176 valence electrons. The number of fused-ring (bicyclic) bond motifs is 2. The zero-order valence-electron chi connectivity index (χ0n) is 18.8. The highest BCUT2D eigenvalue weighted by atomic mass is 19.4. The Hall–Kier alpha value is -2.65. The number of piperazine rings is 1. The van der Waals surface area contributed by atoms with Crippen molar-refractivity contribution in [3.05, 3.63) is 59.7 Å². The van der Waals surface area contributed by atoms with Gasteiger partial charge in [-0.05, 0) is 50.1 Å². The van der Waals surface area contributed by atoms with E-state index in [4.69, 9.17) is 4.98 Å². The Bertz CT molecular complexity index is 1100. The van der Waals surface area contributed by atoms with Crippen LogP contribution < -0.4 is 4.90 Å². The molecule has 6 nitrogen and oxygen atoms in total. The lowest BCUT2D eigenvalue weighted by molar-refractivity contribution is -0.153. The van der Waals surface area contributed by atoms with E-state index in [0.29, 0.717) is 12.1 Å². The minimum absolute atomic E-state index is 0.129. The van der Waals surface area contributed by atoms with Crippen molar-refractivity contribution in [2.45, 2.75) is 38.0 Å². The van der Waals surface area contributed by atoms with Crippen LogP contribution in [0.3, 0.4) is 0 Å². The Kier molecular flexibility index (Phi) is 6.01. The molecule has 5 rings (SSSR count). The van der Waals surface area contributed by atoms with Crippen LogP contribution in [0.4, 0.5) is 19.0 Å². The minimum Gasteiger partial charge on any atom is -0.355 e. The highest BCUT2D eigenvalue weighted by molar-refractivity contribution is 5.53. The van der Waals surface area contributed by atoms with E-state index in [1.54, 1.807) is 6.20 Å². The van der Waals surface area contributed by atoms with E-state index in [-0.39, 0.29) is 12.6 Å². The Morgan fingerprint density at radius 3 is 2.70 bits per heavy atom. The topological polar surface area (TPSA) is 39.9 Å². The van der Waals surface area contributed by atoms with Gasteiger partial charge in [0.05, 0.1) is 24.0 Å². The van der Waals surface area contributed by atoms with Crippen molar-refractivity contribution in [1.82, 2.24) is 24.2 Å². The molecule has 3 aromatic heterocycles. The van der Waals surface area contributed by atoms with E-state index in [1.165, 1.54) is 4.90 Å². The zero-order valence-corrected chi connectivity index (χ0v) is 18.8. The van der Waals surface area contributed by atoms with E-state index in [0.717, 1.165) is 61.7 Å². The van der Waals surface area contributed by atoms with Crippen molar-refractivity contribution < 1.29 is 13.2 Å². The van der Waals surface area contributed by atoms with Crippen molar-refractivity contribution in [1.29, 1.82) is 0 Å². The number of halogens is 3. The molecular weight excluding hydrogens is 429 g/mol. The van der Waals surface area contributed by atoms with Gasteiger partial charge in [-0.1, -0.05) is 12.1 Å². The van der Waals surface area contributed by atoms with E-state index in [9.17, 15) is 13.2 Å². The minimum atomic E-state index is -4.30. The van der Waals surface area contributed by atoms with Gasteiger partial charge in [0.1, 0.15) is 11.5 Å². The predicted molar refractivity (Wildman–Crippen MR) is 121 cm³/mol. The molecule has 3 aromatic rings. The van der Waals surface area contributed by atoms with Crippen LogP contribution in [-0.4, -0.2) is 70.1 Å². The van der Waals surface area contributed by atoms with Crippen molar-refractivity contribution in [3.63, 3.8) is 0 Å². The molecule has 1 saturated heterocycles. The number of anilines is 1. The van der Waals surface area contributed by atoms with Gasteiger partial charge in [0, 0.05) is 45.1 Å². The molecule has 2 aliphatic rings. The monoisotopic (exact) mass is 458 g/mol. The van der Waals surface area contributed by atoms with Crippen molar-refractivity contribution in [3.8, 4) is 0 Å². The van der Waals surface area contributed by atoms with Crippen LogP contribution in [0.1, 0.15) is 35.8 Å². The normalized spacial score (nSPS) is 19.9. The summed E-state index contributed by atoms with van der Waals surface area (Å²) in [4.78, 5) is 15.3. The number of aromatic nitrogens is 3. The van der Waals surface area contributed by atoms with Gasteiger partial charge in [-0.25, -0.2) is 4.98 Å². The second-order valence-corrected chi connectivity index (χ2v) is 9.11. The fourth-order valence-corrected chi connectivity index (χ4v) is 5.07. The van der Waals surface area contributed by atoms with Gasteiger partial charge in [-0.3, -0.25) is 14.3 Å². The number of aryl methyl sites for hydroxylation is 1. The van der Waals surface area contributed by atoms with Crippen LogP contribution in [0, 0.1) is 0 Å². The third-order valence-electron chi connectivity index (χ3n) is 6.70. The summed E-state index contributed by atoms with van der Waals surface area (Å²) in [6.07, 6.45) is 1.67. The maximum absolute atomic E-state index is 13.6. The van der Waals surface area contributed by atoms with Crippen molar-refractivity contribution >= 4 is 11.5 Å². The summed E-state index contributed by atoms with van der Waals surface area (Å²) >= 11 is 0. The fourth-order valence-electron chi connectivity index (χ4n) is 5.07. The predicted octanol–water partition coefficient (Wildman–Crippen LogP) is 3.92. The third-order valence-corrected chi connectivity index (χ3v) is 6.70. The van der Waals surface area contributed by atoms with Gasteiger partial charge in [-0.2, -0.15) is 13.2 Å². The summed E-state index contributed by atoms with van der Waals surface area (Å²) in [6, 6.07) is 9.41. The quantitative estimate of drug-likeness (QED) is 0.580. The molecule has 0 amide bonds. The van der Waals surface area contributed by atoms with Gasteiger partial charge in [0.2, 0.25) is 0 Å². The van der Waals surface area contributed by atoms with Gasteiger partial charge in [0.25, 0.3) is 0 Å². The summed E-state index contributed by atoms with van der Waals surface area (Å²) in [5.74, 6) is 1.03. The Morgan fingerprint density at radius 1 is 1.09 bits per heavy atom. The lowest BCUT2D eigenvalue weighted by atomic mass is 9.90. The number of alkyl halides is 3. The Balaban J connectivity index is 1.45. The number of likely N-dealkylation sites (N-methyl/N-ethyl adjacent to an activating group) is 1. The second-order valence-electron chi connectivity index (χ2n) is 9.11. The fraction of sp³-hybridized carbons (Fsp3) is 0.500. The lowest BCUT2D eigenvalue weighted by Gasteiger charge is -2.35. The molecule has 0 aromatic carbocycles. The molecule has 1 unspecified atom stereocenters. The van der Waals surface area contributed by atoms with Crippen molar-refractivity contribution in [2.75, 3.05) is 44.7 Å². The maximum atomic E-state index is 13.6. The first kappa shape index (κ1) is 22.2. The second kappa shape index (κ2) is 8.95. The highest BCUT2D eigenvalue weighted by Gasteiger charge is 2.37. The number of pyridine rings is 2. The summed E-state index contributed by atoms with van der Waals surface area (Å²) in [7, 11) is 2.11. The molecule has 1 atom stereocenters. The molecule has 0 N–H and O–H groups in total. The molecule has 0 spiro atoms. The van der Waals surface area contributed by atoms with Gasteiger partial charge < -0.3 is 9.80 Å². The van der Waals surface area contributed by atoms with Crippen LogP contribution in [-0.2, 0) is 13.0 Å². The molecule has 9 heteroatoms. The van der Waals surface area contributed by atoms with Crippen LogP contribution >= 0.6 is 0 Å². The first-order valence-electron chi connectivity index (χ1n) is 11.5. The van der Waals surface area contributed by atoms with E-state index in [2.05, 4.69) is 27.9 Å². The zero-order chi connectivity index (χ0) is 23.0. The number of hydrogen-bond donors (Lipinski definition) is 0. The standard InChI is InChI=1S/C24H29F3N6/c1-30-11-13-31(14-12-30)22-9-3-8-21-29-19(16-33(21)22)15-32(17-24(25,26)27)20-7-2-5-18-6-4-10-28-23(18)20/h3-4,6,8-10,16,20H,2,5,7,11-15,17H2,1H3.